The van der Waals surface area contributed by atoms with E-state index in [1.807, 2.05) is 91.8 Å². The van der Waals surface area contributed by atoms with Gasteiger partial charge in [-0.1, -0.05) is 106 Å². The van der Waals surface area contributed by atoms with Crippen molar-refractivity contribution < 1.29 is 55.8 Å². The van der Waals surface area contributed by atoms with E-state index >= 15 is 0 Å². The van der Waals surface area contributed by atoms with Crippen LogP contribution in [0.2, 0.25) is 5.04 Å². The van der Waals surface area contributed by atoms with Gasteiger partial charge < -0.3 is 43.2 Å². The van der Waals surface area contributed by atoms with Crippen molar-refractivity contribution >= 4 is 68.8 Å². The molecule has 5 aromatic carbocycles. The van der Waals surface area contributed by atoms with Gasteiger partial charge in [-0.05, 0) is 72.6 Å². The van der Waals surface area contributed by atoms with Crippen LogP contribution in [0.3, 0.4) is 0 Å². The molecule has 1 aromatic heterocycles. The number of carbonyl (C=O) groups excluding carboxylic acids is 3. The Morgan fingerprint density at radius 1 is 0.904 bits per heavy atom. The average Bonchev–Trinajstić information content (AvgIpc) is 4.34. The van der Waals surface area contributed by atoms with Gasteiger partial charge in [-0.3, -0.25) is 29.3 Å². The predicted octanol–water partition coefficient (Wildman–Crippen LogP) is 6.20. The highest BCUT2D eigenvalue weighted by molar-refractivity contribution is 7.89. The summed E-state index contributed by atoms with van der Waals surface area (Å²) in [7, 11) is -0.829. The molecule has 442 valence electrons. The molecule has 83 heavy (non-hydrogen) atoms. The van der Waals surface area contributed by atoms with Crippen LogP contribution in [0.5, 0.6) is 11.5 Å². The number of hydrogen-bond acceptors (Lipinski definition) is 16. The quantitative estimate of drug-likeness (QED) is 0.0212. The number of sulfonamides is 1. The summed E-state index contributed by atoms with van der Waals surface area (Å²) in [6, 6.07) is 30.3. The highest BCUT2D eigenvalue weighted by atomic mass is 32.2. The number of alkyl carbamates (subject to hydrolysis) is 1. The van der Waals surface area contributed by atoms with Crippen LogP contribution in [-0.4, -0.2) is 126 Å². The van der Waals surface area contributed by atoms with Crippen molar-refractivity contribution in [2.45, 2.75) is 113 Å². The lowest BCUT2D eigenvalue weighted by Gasteiger charge is -2.43. The summed E-state index contributed by atoms with van der Waals surface area (Å²) >= 11 is 0. The maximum Gasteiger partial charge on any atom is 0.408 e. The van der Waals surface area contributed by atoms with Crippen LogP contribution in [0.15, 0.2) is 130 Å². The molecule has 2 fully saturated rings. The van der Waals surface area contributed by atoms with Gasteiger partial charge in [0, 0.05) is 61.8 Å². The summed E-state index contributed by atoms with van der Waals surface area (Å²) < 4.78 is 67.8. The van der Waals surface area contributed by atoms with Crippen LogP contribution >= 0.6 is 0 Å². The third-order valence-electron chi connectivity index (χ3n) is 15.2. The molecule has 2 amide bonds. The fraction of sp³-hybridized carbons (Fsp3) is 0.407. The van der Waals surface area contributed by atoms with Crippen molar-refractivity contribution in [1.82, 2.24) is 24.5 Å². The standard InChI is InChI=1S/C59H71N7O15SSi/c1-38-35-65(57(70)62-54(38)67)53-34-50(51(80-53)37-79-83(59(2,3)4,40-20-11-9-12-21-40)41-22-13-10-14-23-41)81-56(69)46-28-19-31-64(46)55(68)44(61-58(71)78-36-39-32-48(76-7)49(77-8)33-47(39)66(72)73)26-15-16-30-60-82(74,75)52-29-18-24-42-43(52)25-17-27-45(42)63(5)6/h9-14,17-18,20-25,27,29,32-33,35,44,46,50-51,53,60H,15-16,19,26,28,30-31,34,36-37H2,1-8H3,(H,61,71)(H,62,67,70)/t44-,46-,50-,51+,53+/m0/s1. The maximum absolute atomic E-state index is 14.9. The van der Waals surface area contributed by atoms with E-state index in [4.69, 9.17) is 28.1 Å². The monoisotopic (exact) mass is 1180 g/mol. The van der Waals surface area contributed by atoms with Gasteiger partial charge in [-0.2, -0.15) is 0 Å². The number of likely N-dealkylation sites (tertiary alicyclic amines) is 1. The third kappa shape index (κ3) is 13.5. The zero-order chi connectivity index (χ0) is 59.8. The minimum Gasteiger partial charge on any atom is -0.493 e. The number of carbonyl (C=O) groups is 3. The van der Waals surface area contributed by atoms with Crippen molar-refractivity contribution in [1.29, 1.82) is 0 Å². The van der Waals surface area contributed by atoms with Gasteiger partial charge in [0.2, 0.25) is 15.9 Å². The zero-order valence-electron chi connectivity index (χ0n) is 47.7. The Labute approximate surface area is 482 Å². The van der Waals surface area contributed by atoms with Crippen molar-refractivity contribution in [3.63, 3.8) is 0 Å². The van der Waals surface area contributed by atoms with E-state index in [9.17, 15) is 42.5 Å². The first-order chi connectivity index (χ1) is 39.6. The molecule has 2 aliphatic heterocycles. The first-order valence-electron chi connectivity index (χ1n) is 27.3. The van der Waals surface area contributed by atoms with Crippen molar-refractivity contribution in [2.24, 2.45) is 0 Å². The Kier molecular flexibility index (Phi) is 19.3. The number of methoxy groups -OCH3 is 2. The number of unbranched alkanes of at least 4 members (excludes halogenated alkanes) is 1. The molecule has 3 N–H and O–H groups in total. The minimum absolute atomic E-state index is 0.0256. The van der Waals surface area contributed by atoms with Crippen LogP contribution in [0.4, 0.5) is 16.2 Å². The number of aromatic nitrogens is 2. The van der Waals surface area contributed by atoms with Gasteiger partial charge in [0.15, 0.2) is 11.5 Å². The number of aromatic amines is 1. The fourth-order valence-corrected chi connectivity index (χ4v) is 16.9. The molecule has 3 heterocycles. The van der Waals surface area contributed by atoms with E-state index in [0.29, 0.717) is 11.8 Å². The number of amides is 2. The van der Waals surface area contributed by atoms with Crippen molar-refractivity contribution in [3.05, 3.63) is 157 Å². The van der Waals surface area contributed by atoms with E-state index in [1.54, 1.807) is 25.1 Å². The van der Waals surface area contributed by atoms with Gasteiger partial charge in [0.05, 0.1) is 42.3 Å². The SMILES string of the molecule is COc1cc(COC(=O)N[C@@H](CCCCNS(=O)(=O)c2cccc3c(N(C)C)cccc23)C(=O)N2CCC[C@H]2C(=O)O[C@H]2C[C@H](n3cc(C)c(=O)[nH]c3=O)O[C@@H]2CO[Si](c2ccccc2)(c2ccccc2)C(C)(C)C)c([N+](=O)[O-])cc1OC. The molecule has 5 atom stereocenters. The summed E-state index contributed by atoms with van der Waals surface area (Å²) in [6.45, 7) is 7.28. The van der Waals surface area contributed by atoms with Crippen LogP contribution in [0.25, 0.3) is 10.8 Å². The normalized spacial score (nSPS) is 17.7. The van der Waals surface area contributed by atoms with Gasteiger partial charge in [0.1, 0.15) is 37.1 Å². The smallest absolute Gasteiger partial charge is 0.408 e. The second kappa shape index (κ2) is 26.1. The summed E-state index contributed by atoms with van der Waals surface area (Å²) in [5.74, 6) is -1.21. The summed E-state index contributed by atoms with van der Waals surface area (Å²) in [6.07, 6.45) is -1.78. The fourth-order valence-electron chi connectivity index (χ4n) is 11.0. The Bertz CT molecular complexity index is 3520. The number of hydrogen-bond donors (Lipinski definition) is 3. The summed E-state index contributed by atoms with van der Waals surface area (Å²) in [5, 5.41) is 17.5. The first-order valence-corrected chi connectivity index (χ1v) is 30.7. The van der Waals surface area contributed by atoms with Crippen LogP contribution < -0.4 is 46.0 Å². The number of rotatable bonds is 23. The van der Waals surface area contributed by atoms with E-state index in [0.717, 1.165) is 27.5 Å². The molecule has 2 saturated heterocycles. The number of ether oxygens (including phenoxy) is 5. The summed E-state index contributed by atoms with van der Waals surface area (Å²) in [5.41, 5.74) is -0.635. The molecule has 24 heteroatoms. The molecular weight excluding hydrogens is 1110 g/mol. The van der Waals surface area contributed by atoms with E-state index in [1.165, 1.54) is 42.0 Å². The van der Waals surface area contributed by atoms with Gasteiger partial charge in [-0.15, -0.1) is 0 Å². The minimum atomic E-state index is -4.03. The molecule has 0 spiro atoms. The van der Waals surface area contributed by atoms with E-state index in [-0.39, 0.29) is 79.3 Å². The Balaban J connectivity index is 1.03. The molecule has 0 unspecified atom stereocenters. The third-order valence-corrected chi connectivity index (χ3v) is 21.7. The van der Waals surface area contributed by atoms with Gasteiger partial charge >= 0.3 is 17.8 Å². The molecule has 2 aliphatic rings. The highest BCUT2D eigenvalue weighted by Crippen LogP contribution is 2.40. The zero-order valence-corrected chi connectivity index (χ0v) is 49.6. The van der Waals surface area contributed by atoms with Crippen LogP contribution in [-0.2, 0) is 44.9 Å². The van der Waals surface area contributed by atoms with Gasteiger partial charge in [-0.25, -0.2) is 27.5 Å². The number of nitrogens with zero attached hydrogens (tertiary/aromatic N) is 4. The number of fused-ring (bicyclic) bond motifs is 1. The van der Waals surface area contributed by atoms with Crippen molar-refractivity contribution in [3.8, 4) is 11.5 Å². The molecule has 0 bridgehead atoms. The van der Waals surface area contributed by atoms with E-state index in [2.05, 4.69) is 35.8 Å². The molecule has 6 aromatic rings. The largest absolute Gasteiger partial charge is 0.493 e. The number of H-pyrrole nitrogens is 1. The molecule has 22 nitrogen and oxygen atoms in total. The molecule has 8 rings (SSSR count). The topological polar surface area (TPSA) is 269 Å². The average molecular weight is 1180 g/mol. The second-order valence-corrected chi connectivity index (χ2v) is 27.8. The molecular formula is C59H71N7O15SSi. The van der Waals surface area contributed by atoms with Crippen LogP contribution in [0, 0.1) is 17.0 Å². The Hall–Kier alpha value is -7.90. The number of aryl methyl sites for hydroxylation is 1. The Morgan fingerprint density at radius 2 is 1.55 bits per heavy atom. The Morgan fingerprint density at radius 3 is 2.19 bits per heavy atom. The molecule has 0 radical (unpaired) electrons. The van der Waals surface area contributed by atoms with Crippen molar-refractivity contribution in [2.75, 3.05) is 52.9 Å². The lowest BCUT2D eigenvalue weighted by Crippen LogP contribution is -2.67. The number of nitrogens with one attached hydrogen (secondary N) is 3. The number of esters is 1. The number of nitro groups is 1. The highest BCUT2D eigenvalue weighted by Gasteiger charge is 2.52. The number of anilines is 1. The second-order valence-electron chi connectivity index (χ2n) is 21.8. The lowest BCUT2D eigenvalue weighted by molar-refractivity contribution is -0.385. The number of nitro benzene ring substituents is 1. The molecule has 0 aliphatic carbocycles. The lowest BCUT2D eigenvalue weighted by atomic mass is 10.1. The van der Waals surface area contributed by atoms with E-state index < -0.39 is 100 Å². The number of benzene rings is 5. The maximum atomic E-state index is 14.9. The molecule has 0 saturated carbocycles. The van der Waals surface area contributed by atoms with Gasteiger partial charge in [0.25, 0.3) is 19.6 Å². The predicted molar refractivity (Wildman–Crippen MR) is 313 cm³/mol. The summed E-state index contributed by atoms with van der Waals surface area (Å²) in [4.78, 5) is 86.3. The van der Waals surface area contributed by atoms with Crippen LogP contribution in [0.1, 0.15) is 76.7 Å². The first kappa shape index (κ1) is 61.2.